The van der Waals surface area contributed by atoms with E-state index in [-0.39, 0.29) is 11.7 Å². The first-order valence-corrected chi connectivity index (χ1v) is 7.98. The van der Waals surface area contributed by atoms with Crippen LogP contribution in [0.15, 0.2) is 53.9 Å². The second-order valence-electron chi connectivity index (χ2n) is 4.92. The van der Waals surface area contributed by atoms with Gasteiger partial charge in [0.05, 0.1) is 11.4 Å². The number of thioether (sulfide) groups is 1. The molecule has 2 heterocycles. The Morgan fingerprint density at radius 1 is 1.17 bits per heavy atom. The van der Waals surface area contributed by atoms with E-state index >= 15 is 0 Å². The summed E-state index contributed by atoms with van der Waals surface area (Å²) in [5.41, 5.74) is 8.21. The fourth-order valence-corrected chi connectivity index (χ4v) is 2.90. The number of primary amides is 1. The second kappa shape index (κ2) is 6.62. The molecule has 23 heavy (non-hydrogen) atoms. The number of aryl methyl sites for hydroxylation is 1. The van der Waals surface area contributed by atoms with Crippen LogP contribution in [0.25, 0.3) is 17.1 Å². The number of pyridine rings is 1. The van der Waals surface area contributed by atoms with Crippen LogP contribution in [0.4, 0.5) is 0 Å². The number of nitrogens with two attached hydrogens (primary N) is 1. The average molecular weight is 325 g/mol. The number of benzene rings is 1. The first-order chi connectivity index (χ1) is 11.2. The molecule has 3 aromatic rings. The number of hydrogen-bond donors (Lipinski definition) is 1. The van der Waals surface area contributed by atoms with Crippen LogP contribution >= 0.6 is 11.8 Å². The van der Waals surface area contributed by atoms with Gasteiger partial charge in [-0.3, -0.25) is 14.3 Å². The van der Waals surface area contributed by atoms with Gasteiger partial charge in [-0.15, -0.1) is 10.2 Å². The normalized spacial score (nSPS) is 10.7. The Morgan fingerprint density at radius 2 is 1.91 bits per heavy atom. The van der Waals surface area contributed by atoms with Crippen molar-refractivity contribution in [2.24, 2.45) is 5.73 Å². The highest BCUT2D eigenvalue weighted by atomic mass is 32.2. The Hall–Kier alpha value is -2.67. The highest BCUT2D eigenvalue weighted by Gasteiger charge is 2.17. The third kappa shape index (κ3) is 3.24. The molecule has 3 rings (SSSR count). The minimum absolute atomic E-state index is 0.153. The van der Waals surface area contributed by atoms with Crippen LogP contribution in [0.1, 0.15) is 5.56 Å². The van der Waals surface area contributed by atoms with Gasteiger partial charge in [-0.1, -0.05) is 30.0 Å². The van der Waals surface area contributed by atoms with E-state index in [4.69, 9.17) is 5.73 Å². The quantitative estimate of drug-likeness (QED) is 0.727. The summed E-state index contributed by atoms with van der Waals surface area (Å²) in [6.45, 7) is 2.02. The Morgan fingerprint density at radius 3 is 2.61 bits per heavy atom. The monoisotopic (exact) mass is 325 g/mol. The van der Waals surface area contributed by atoms with E-state index in [2.05, 4.69) is 15.2 Å². The van der Waals surface area contributed by atoms with Gasteiger partial charge in [0.2, 0.25) is 5.91 Å². The van der Waals surface area contributed by atoms with Gasteiger partial charge in [0.25, 0.3) is 0 Å². The van der Waals surface area contributed by atoms with Crippen molar-refractivity contribution in [1.29, 1.82) is 0 Å². The zero-order valence-corrected chi connectivity index (χ0v) is 13.3. The maximum atomic E-state index is 11.1. The molecule has 2 aromatic heterocycles. The van der Waals surface area contributed by atoms with Crippen molar-refractivity contribution < 1.29 is 4.79 Å². The molecule has 6 nitrogen and oxygen atoms in total. The molecule has 0 saturated carbocycles. The highest BCUT2D eigenvalue weighted by Crippen LogP contribution is 2.28. The lowest BCUT2D eigenvalue weighted by Gasteiger charge is -2.12. The number of para-hydroxylation sites is 1. The molecule has 0 radical (unpaired) electrons. The van der Waals surface area contributed by atoms with Crippen LogP contribution in [-0.4, -0.2) is 31.4 Å². The number of nitrogens with zero attached hydrogens (tertiary/aromatic N) is 4. The molecular formula is C16H15N5OS. The molecule has 1 aromatic carbocycles. The largest absolute Gasteiger partial charge is 0.369 e. The van der Waals surface area contributed by atoms with Crippen molar-refractivity contribution in [1.82, 2.24) is 19.7 Å². The van der Waals surface area contributed by atoms with Crippen molar-refractivity contribution >= 4 is 17.7 Å². The first-order valence-electron chi connectivity index (χ1n) is 6.99. The zero-order chi connectivity index (χ0) is 16.2. The topological polar surface area (TPSA) is 86.7 Å². The average Bonchev–Trinajstić information content (AvgIpc) is 2.98. The predicted molar refractivity (Wildman–Crippen MR) is 89.2 cm³/mol. The van der Waals surface area contributed by atoms with E-state index in [1.807, 2.05) is 47.9 Å². The Bertz CT molecular complexity index is 831. The lowest BCUT2D eigenvalue weighted by atomic mass is 10.2. The lowest BCUT2D eigenvalue weighted by Crippen LogP contribution is -2.13. The molecule has 2 N–H and O–H groups in total. The SMILES string of the molecule is Cc1ccccc1-n1c(SCC(N)=O)nnc1-c1ccncc1. The minimum Gasteiger partial charge on any atom is -0.369 e. The molecule has 116 valence electrons. The Labute approximate surface area is 137 Å². The summed E-state index contributed by atoms with van der Waals surface area (Å²) >= 11 is 1.27. The van der Waals surface area contributed by atoms with Gasteiger partial charge >= 0.3 is 0 Å². The van der Waals surface area contributed by atoms with Crippen molar-refractivity contribution in [3.63, 3.8) is 0 Å². The molecule has 0 aliphatic heterocycles. The molecule has 0 atom stereocenters. The Kier molecular flexibility index (Phi) is 4.38. The molecule has 0 fully saturated rings. The summed E-state index contributed by atoms with van der Waals surface area (Å²) in [6, 6.07) is 11.7. The summed E-state index contributed by atoms with van der Waals surface area (Å²) in [4.78, 5) is 15.1. The van der Waals surface area contributed by atoms with Crippen molar-refractivity contribution in [3.05, 3.63) is 54.4 Å². The predicted octanol–water partition coefficient (Wildman–Crippen LogP) is 2.22. The maximum absolute atomic E-state index is 11.1. The van der Waals surface area contributed by atoms with Crippen LogP contribution in [0.3, 0.4) is 0 Å². The molecule has 0 aliphatic carbocycles. The third-order valence-corrected chi connectivity index (χ3v) is 4.22. The minimum atomic E-state index is -0.389. The summed E-state index contributed by atoms with van der Waals surface area (Å²) in [6.07, 6.45) is 3.42. The summed E-state index contributed by atoms with van der Waals surface area (Å²) in [7, 11) is 0. The number of carbonyl (C=O) groups excluding carboxylic acids is 1. The number of amides is 1. The Balaban J connectivity index is 2.14. The maximum Gasteiger partial charge on any atom is 0.227 e. The molecule has 7 heteroatoms. The summed E-state index contributed by atoms with van der Waals surface area (Å²) in [5.74, 6) is 0.467. The standard InChI is InChI=1S/C16H15N5OS/c1-11-4-2-3-5-13(11)21-15(12-6-8-18-9-7-12)19-20-16(21)23-10-14(17)22/h2-9H,10H2,1H3,(H2,17,22). The van der Waals surface area contributed by atoms with E-state index in [1.54, 1.807) is 12.4 Å². The zero-order valence-electron chi connectivity index (χ0n) is 12.5. The van der Waals surface area contributed by atoms with Gasteiger partial charge in [0.15, 0.2) is 11.0 Å². The van der Waals surface area contributed by atoms with Gasteiger partial charge in [-0.05, 0) is 30.7 Å². The van der Waals surface area contributed by atoms with Crippen LogP contribution in [0.5, 0.6) is 0 Å². The van der Waals surface area contributed by atoms with Crippen LogP contribution in [0.2, 0.25) is 0 Å². The van der Waals surface area contributed by atoms with Crippen LogP contribution in [0, 0.1) is 6.92 Å². The van der Waals surface area contributed by atoms with Gasteiger partial charge in [-0.2, -0.15) is 0 Å². The van der Waals surface area contributed by atoms with E-state index in [0.717, 1.165) is 16.8 Å². The first kappa shape index (κ1) is 15.2. The molecule has 0 bridgehead atoms. The third-order valence-electron chi connectivity index (χ3n) is 3.27. The summed E-state index contributed by atoms with van der Waals surface area (Å²) in [5, 5.41) is 9.15. The lowest BCUT2D eigenvalue weighted by molar-refractivity contribution is -0.115. The smallest absolute Gasteiger partial charge is 0.227 e. The molecule has 0 saturated heterocycles. The number of hydrogen-bond acceptors (Lipinski definition) is 5. The summed E-state index contributed by atoms with van der Waals surface area (Å²) < 4.78 is 1.94. The van der Waals surface area contributed by atoms with Gasteiger partial charge in [-0.25, -0.2) is 0 Å². The number of aromatic nitrogens is 4. The van der Waals surface area contributed by atoms with Crippen molar-refractivity contribution in [2.75, 3.05) is 5.75 Å². The highest BCUT2D eigenvalue weighted by molar-refractivity contribution is 7.99. The fourth-order valence-electron chi connectivity index (χ4n) is 2.22. The van der Waals surface area contributed by atoms with E-state index in [0.29, 0.717) is 11.0 Å². The molecule has 0 unspecified atom stereocenters. The van der Waals surface area contributed by atoms with Crippen LogP contribution in [-0.2, 0) is 4.79 Å². The van der Waals surface area contributed by atoms with E-state index in [1.165, 1.54) is 11.8 Å². The second-order valence-corrected chi connectivity index (χ2v) is 5.86. The van der Waals surface area contributed by atoms with Gasteiger partial charge in [0, 0.05) is 18.0 Å². The van der Waals surface area contributed by atoms with Crippen LogP contribution < -0.4 is 5.73 Å². The molecule has 0 spiro atoms. The number of carbonyl (C=O) groups is 1. The fraction of sp³-hybridized carbons (Fsp3) is 0.125. The molecule has 1 amide bonds. The van der Waals surface area contributed by atoms with Crippen molar-refractivity contribution in [3.8, 4) is 17.1 Å². The number of rotatable bonds is 5. The van der Waals surface area contributed by atoms with Gasteiger partial charge in [0.1, 0.15) is 0 Å². The molecule has 0 aliphatic rings. The van der Waals surface area contributed by atoms with E-state index in [9.17, 15) is 4.79 Å². The molecular weight excluding hydrogens is 310 g/mol. The van der Waals surface area contributed by atoms with Gasteiger partial charge < -0.3 is 5.73 Å². The van der Waals surface area contributed by atoms with Crippen molar-refractivity contribution in [2.45, 2.75) is 12.1 Å². The van der Waals surface area contributed by atoms with E-state index < -0.39 is 0 Å².